The van der Waals surface area contributed by atoms with Crippen LogP contribution < -0.4 is 0 Å². The first kappa shape index (κ1) is 21.4. The van der Waals surface area contributed by atoms with Gasteiger partial charge in [0, 0.05) is 33.2 Å². The van der Waals surface area contributed by atoms with Crippen molar-refractivity contribution >= 4 is 10.0 Å². The largest absolute Gasteiger partial charge is 0.377 e. The Bertz CT molecular complexity index is 958. The van der Waals surface area contributed by atoms with Crippen molar-refractivity contribution in [2.24, 2.45) is 5.92 Å². The molecule has 0 bridgehead atoms. The van der Waals surface area contributed by atoms with Crippen molar-refractivity contribution in [3.8, 4) is 0 Å². The number of piperidine rings is 1. The normalized spacial score (nSPS) is 22.6. The first-order chi connectivity index (χ1) is 14.3. The van der Waals surface area contributed by atoms with Gasteiger partial charge in [-0.2, -0.15) is 9.29 Å². The molecule has 2 aromatic rings. The fourth-order valence-corrected chi connectivity index (χ4v) is 6.30. The second-order valence-electron chi connectivity index (χ2n) is 8.19. The summed E-state index contributed by atoms with van der Waals surface area (Å²) in [7, 11) is -2.03. The third-order valence-corrected chi connectivity index (χ3v) is 8.19. The van der Waals surface area contributed by atoms with Crippen molar-refractivity contribution in [2.75, 3.05) is 26.8 Å². The Labute approximate surface area is 175 Å². The van der Waals surface area contributed by atoms with Gasteiger partial charge in [0.15, 0.2) is 11.6 Å². The number of nitrogens with zero attached hydrogens (tertiary/aromatic N) is 4. The molecule has 0 aliphatic carbocycles. The van der Waals surface area contributed by atoms with Gasteiger partial charge in [-0.25, -0.2) is 8.42 Å². The summed E-state index contributed by atoms with van der Waals surface area (Å²) >= 11 is 0. The summed E-state index contributed by atoms with van der Waals surface area (Å²) in [5.41, 5.74) is 0.0949. The number of aryl methyl sites for hydroxylation is 2. The second kappa shape index (κ2) is 8.37. The number of aromatic nitrogens is 3. The Hall–Kier alpha value is -1.82. The first-order valence-electron chi connectivity index (χ1n) is 10.2. The minimum atomic E-state index is -3.62. The quantitative estimate of drug-likeness (QED) is 0.664. The van der Waals surface area contributed by atoms with Gasteiger partial charge in [-0.05, 0) is 45.4 Å². The molecule has 0 N–H and O–H groups in total. The molecule has 10 nitrogen and oxygen atoms in total. The molecule has 1 unspecified atom stereocenters. The zero-order valence-corrected chi connectivity index (χ0v) is 18.4. The maximum atomic E-state index is 13.1. The van der Waals surface area contributed by atoms with Gasteiger partial charge in [0.05, 0.1) is 5.60 Å². The average molecular weight is 441 g/mol. The minimum absolute atomic E-state index is 0.184. The van der Waals surface area contributed by atoms with E-state index < -0.39 is 10.0 Å². The highest BCUT2D eigenvalue weighted by atomic mass is 32.2. The van der Waals surface area contributed by atoms with Gasteiger partial charge in [0.2, 0.25) is 15.9 Å². The maximum absolute atomic E-state index is 13.1. The molecule has 2 fully saturated rings. The zero-order valence-electron chi connectivity index (χ0n) is 17.6. The van der Waals surface area contributed by atoms with Crippen molar-refractivity contribution < 1.29 is 26.9 Å². The summed E-state index contributed by atoms with van der Waals surface area (Å²) in [6.07, 6.45) is 3.79. The van der Waals surface area contributed by atoms with Crippen LogP contribution in [0.25, 0.3) is 0 Å². The number of hydrogen-bond acceptors (Lipinski definition) is 9. The van der Waals surface area contributed by atoms with Gasteiger partial charge >= 0.3 is 0 Å². The third kappa shape index (κ3) is 4.16. The predicted molar refractivity (Wildman–Crippen MR) is 104 cm³/mol. The molecular formula is C19H28N4O6S. The van der Waals surface area contributed by atoms with Crippen molar-refractivity contribution in [1.29, 1.82) is 0 Å². The van der Waals surface area contributed by atoms with E-state index in [2.05, 4.69) is 15.3 Å². The molecular weight excluding hydrogens is 412 g/mol. The van der Waals surface area contributed by atoms with E-state index in [-0.39, 0.29) is 10.5 Å². The van der Waals surface area contributed by atoms with Crippen LogP contribution in [0, 0.1) is 19.8 Å². The lowest BCUT2D eigenvalue weighted by molar-refractivity contribution is -0.121. The van der Waals surface area contributed by atoms with Crippen LogP contribution >= 0.6 is 0 Å². The van der Waals surface area contributed by atoms with Gasteiger partial charge in [0.1, 0.15) is 17.2 Å². The molecule has 4 rings (SSSR count). The lowest BCUT2D eigenvalue weighted by Gasteiger charge is -2.45. The lowest BCUT2D eigenvalue weighted by Crippen LogP contribution is -2.51. The van der Waals surface area contributed by atoms with Crippen molar-refractivity contribution in [2.45, 2.75) is 63.1 Å². The summed E-state index contributed by atoms with van der Waals surface area (Å²) in [6.45, 7) is 5.09. The lowest BCUT2D eigenvalue weighted by atomic mass is 9.79. The zero-order chi connectivity index (χ0) is 21.4. The number of rotatable bonds is 6. The molecule has 166 valence electrons. The highest BCUT2D eigenvalue weighted by molar-refractivity contribution is 7.89. The van der Waals surface area contributed by atoms with Gasteiger partial charge in [-0.3, -0.25) is 0 Å². The van der Waals surface area contributed by atoms with E-state index in [0.29, 0.717) is 74.7 Å². The van der Waals surface area contributed by atoms with E-state index in [0.717, 1.165) is 12.8 Å². The third-order valence-electron chi connectivity index (χ3n) is 6.04. The molecule has 2 aliphatic rings. The van der Waals surface area contributed by atoms with Crippen molar-refractivity contribution in [1.82, 2.24) is 19.6 Å². The summed E-state index contributed by atoms with van der Waals surface area (Å²) in [4.78, 5) is 4.56. The average Bonchev–Trinajstić information content (AvgIpc) is 3.28. The number of hydrogen-bond donors (Lipinski definition) is 0. The number of ether oxygens (including phenoxy) is 2. The predicted octanol–water partition coefficient (Wildman–Crippen LogP) is 2.01. The van der Waals surface area contributed by atoms with Gasteiger partial charge in [-0.15, -0.1) is 0 Å². The SMILES string of the molecule is COCc1noc(CC2CCOC3(CCN(S(=O)(=O)c4c(C)noc4C)CC3)C2)n1. The molecule has 0 aromatic carbocycles. The van der Waals surface area contributed by atoms with E-state index in [4.69, 9.17) is 18.5 Å². The molecule has 2 saturated heterocycles. The standard InChI is InChI=1S/C19H28N4O6S/c1-13-18(14(2)28-21-13)30(24,25)23-7-5-19(6-8-23)11-15(4-9-27-19)10-17-20-16(12-26-3)22-29-17/h15H,4-12H2,1-3H3. The van der Waals surface area contributed by atoms with Crippen LogP contribution in [0.15, 0.2) is 13.9 Å². The van der Waals surface area contributed by atoms with E-state index >= 15 is 0 Å². The topological polar surface area (TPSA) is 121 Å². The van der Waals surface area contributed by atoms with Crippen LogP contribution in [-0.4, -0.2) is 60.4 Å². The van der Waals surface area contributed by atoms with Crippen LogP contribution in [-0.2, 0) is 32.5 Å². The smallest absolute Gasteiger partial charge is 0.248 e. The summed E-state index contributed by atoms with van der Waals surface area (Å²) < 4.78 is 49.3. The summed E-state index contributed by atoms with van der Waals surface area (Å²) in [5, 5.41) is 7.71. The molecule has 1 atom stereocenters. The molecule has 30 heavy (non-hydrogen) atoms. The number of methoxy groups -OCH3 is 1. The van der Waals surface area contributed by atoms with Crippen LogP contribution in [0.2, 0.25) is 0 Å². The Balaban J connectivity index is 1.39. The van der Waals surface area contributed by atoms with Crippen LogP contribution in [0.1, 0.15) is 48.9 Å². The molecule has 2 aliphatic heterocycles. The first-order valence-corrected chi connectivity index (χ1v) is 11.6. The Morgan fingerprint density at radius 1 is 1.20 bits per heavy atom. The highest BCUT2D eigenvalue weighted by Crippen LogP contribution is 2.40. The van der Waals surface area contributed by atoms with E-state index in [1.807, 2.05) is 0 Å². The Morgan fingerprint density at radius 3 is 2.63 bits per heavy atom. The van der Waals surface area contributed by atoms with E-state index in [1.54, 1.807) is 21.0 Å². The van der Waals surface area contributed by atoms with E-state index in [9.17, 15) is 8.42 Å². The van der Waals surface area contributed by atoms with Gasteiger partial charge in [-0.1, -0.05) is 10.3 Å². The molecule has 0 amide bonds. The second-order valence-corrected chi connectivity index (χ2v) is 10.1. The highest BCUT2D eigenvalue weighted by Gasteiger charge is 2.44. The molecule has 11 heteroatoms. The molecule has 0 saturated carbocycles. The van der Waals surface area contributed by atoms with Gasteiger partial charge < -0.3 is 18.5 Å². The monoisotopic (exact) mass is 440 g/mol. The minimum Gasteiger partial charge on any atom is -0.377 e. The van der Waals surface area contributed by atoms with Crippen LogP contribution in [0.3, 0.4) is 0 Å². The fraction of sp³-hybridized carbons (Fsp3) is 0.737. The van der Waals surface area contributed by atoms with Crippen molar-refractivity contribution in [3.63, 3.8) is 0 Å². The summed E-state index contributed by atoms with van der Waals surface area (Å²) in [6, 6.07) is 0. The molecule has 0 radical (unpaired) electrons. The fourth-order valence-electron chi connectivity index (χ4n) is 4.57. The Kier molecular flexibility index (Phi) is 5.97. The van der Waals surface area contributed by atoms with E-state index in [1.165, 1.54) is 4.31 Å². The molecule has 1 spiro atoms. The molecule has 4 heterocycles. The summed E-state index contributed by atoms with van der Waals surface area (Å²) in [5.74, 6) is 1.85. The Morgan fingerprint density at radius 2 is 1.97 bits per heavy atom. The van der Waals surface area contributed by atoms with Crippen LogP contribution in [0.5, 0.6) is 0 Å². The van der Waals surface area contributed by atoms with Gasteiger partial charge in [0.25, 0.3) is 0 Å². The van der Waals surface area contributed by atoms with Crippen LogP contribution in [0.4, 0.5) is 0 Å². The maximum Gasteiger partial charge on any atom is 0.248 e. The van der Waals surface area contributed by atoms with Crippen molar-refractivity contribution in [3.05, 3.63) is 23.2 Å². The number of sulfonamides is 1. The molecule has 2 aromatic heterocycles.